The number of hydrogen-bond donors (Lipinski definition) is 1. The van der Waals surface area contributed by atoms with Gasteiger partial charge in [0.2, 0.25) is 15.9 Å². The molecule has 0 spiro atoms. The minimum atomic E-state index is -3.79. The molecule has 0 saturated carbocycles. The van der Waals surface area contributed by atoms with Gasteiger partial charge in [0.15, 0.2) is 0 Å². The number of amides is 1. The molecule has 1 N–H and O–H groups in total. The smallest absolute Gasteiger partial charge is 0.243 e. The van der Waals surface area contributed by atoms with Gasteiger partial charge in [0.25, 0.3) is 0 Å². The van der Waals surface area contributed by atoms with E-state index in [0.717, 1.165) is 47.4 Å². The number of likely N-dealkylation sites (tertiary alicyclic amines) is 1. The maximum atomic E-state index is 13.6. The van der Waals surface area contributed by atoms with Crippen LogP contribution >= 0.6 is 0 Å². The summed E-state index contributed by atoms with van der Waals surface area (Å²) in [6.07, 6.45) is 3.42. The molecule has 0 bridgehead atoms. The van der Waals surface area contributed by atoms with E-state index in [1.165, 1.54) is 38.0 Å². The summed E-state index contributed by atoms with van der Waals surface area (Å²) in [6.45, 7) is 4.79. The zero-order valence-corrected chi connectivity index (χ0v) is 18.2. The topological polar surface area (TPSA) is 69.7 Å². The molecule has 2 aromatic carbocycles. The average molecular weight is 434 g/mol. The fraction of sp³-hybridized carbons (Fsp3) is 0.409. The first-order chi connectivity index (χ1) is 14.3. The lowest BCUT2D eigenvalue weighted by molar-refractivity contribution is -0.122. The maximum absolute atomic E-state index is 13.6. The van der Waals surface area contributed by atoms with E-state index in [-0.39, 0.29) is 5.69 Å². The van der Waals surface area contributed by atoms with Gasteiger partial charge in [-0.1, -0.05) is 30.3 Å². The van der Waals surface area contributed by atoms with Crippen molar-refractivity contribution in [2.75, 3.05) is 23.7 Å². The lowest BCUT2D eigenvalue weighted by atomic mass is 10.1. The molecule has 2 aromatic rings. The van der Waals surface area contributed by atoms with Gasteiger partial charge < -0.3 is 5.32 Å². The normalized spacial score (nSPS) is 15.7. The second-order valence-electron chi connectivity index (χ2n) is 7.68. The molecule has 1 atom stereocenters. The molecule has 8 heteroatoms. The van der Waals surface area contributed by atoms with Gasteiger partial charge >= 0.3 is 0 Å². The zero-order valence-electron chi connectivity index (χ0n) is 17.3. The number of halogens is 1. The van der Waals surface area contributed by atoms with E-state index in [1.54, 1.807) is 0 Å². The Morgan fingerprint density at radius 3 is 2.43 bits per heavy atom. The summed E-state index contributed by atoms with van der Waals surface area (Å²) in [6, 6.07) is 12.1. The van der Waals surface area contributed by atoms with Gasteiger partial charge in [-0.05, 0) is 62.2 Å². The number of nitrogens with zero attached hydrogens (tertiary/aromatic N) is 2. The molecule has 1 saturated heterocycles. The molecular formula is C22H28FN3O3S. The highest BCUT2D eigenvalue weighted by Gasteiger charge is 2.29. The summed E-state index contributed by atoms with van der Waals surface area (Å²) in [7, 11) is -3.79. The van der Waals surface area contributed by atoms with Crippen LogP contribution in [0.2, 0.25) is 0 Å². The predicted octanol–water partition coefficient (Wildman–Crippen LogP) is 2.89. The molecule has 1 amide bonds. The van der Waals surface area contributed by atoms with E-state index in [4.69, 9.17) is 0 Å². The molecule has 1 fully saturated rings. The van der Waals surface area contributed by atoms with Gasteiger partial charge in [-0.2, -0.15) is 0 Å². The molecule has 1 heterocycles. The Bertz CT molecular complexity index is 991. The van der Waals surface area contributed by atoms with Crippen LogP contribution in [-0.2, 0) is 27.9 Å². The molecule has 6 nitrogen and oxygen atoms in total. The van der Waals surface area contributed by atoms with Crippen LogP contribution in [0.1, 0.15) is 30.9 Å². The second kappa shape index (κ2) is 9.57. The summed E-state index contributed by atoms with van der Waals surface area (Å²) in [4.78, 5) is 15.2. The Morgan fingerprint density at radius 1 is 1.13 bits per heavy atom. The van der Waals surface area contributed by atoms with E-state index in [0.29, 0.717) is 6.54 Å². The quantitative estimate of drug-likeness (QED) is 0.695. The number of rotatable bonds is 8. The number of nitrogens with one attached hydrogen (secondary N) is 1. The molecule has 0 aliphatic carbocycles. The minimum Gasteiger partial charge on any atom is -0.350 e. The first-order valence-electron chi connectivity index (χ1n) is 10.1. The van der Waals surface area contributed by atoms with Crippen molar-refractivity contribution >= 4 is 21.6 Å². The van der Waals surface area contributed by atoms with Gasteiger partial charge in [0, 0.05) is 13.1 Å². The molecular weight excluding hydrogens is 405 g/mol. The highest BCUT2D eigenvalue weighted by Crippen LogP contribution is 2.22. The fourth-order valence-electron chi connectivity index (χ4n) is 3.82. The third-order valence-electron chi connectivity index (χ3n) is 5.32. The number of anilines is 1. The van der Waals surface area contributed by atoms with Crippen molar-refractivity contribution in [2.45, 2.75) is 38.9 Å². The van der Waals surface area contributed by atoms with E-state index in [2.05, 4.69) is 16.3 Å². The Balaban J connectivity index is 1.72. The van der Waals surface area contributed by atoms with E-state index < -0.39 is 27.8 Å². The summed E-state index contributed by atoms with van der Waals surface area (Å²) < 4.78 is 39.2. The number of carbonyl (C=O) groups excluding carboxylic acids is 1. The largest absolute Gasteiger partial charge is 0.350 e. The number of benzene rings is 2. The van der Waals surface area contributed by atoms with Crippen molar-refractivity contribution in [3.8, 4) is 0 Å². The minimum absolute atomic E-state index is 0.120. The summed E-state index contributed by atoms with van der Waals surface area (Å²) in [5.74, 6) is -1.01. The zero-order chi connectivity index (χ0) is 21.7. The number of sulfonamides is 1. The summed E-state index contributed by atoms with van der Waals surface area (Å²) in [5.41, 5.74) is 2.27. The van der Waals surface area contributed by atoms with Gasteiger partial charge in [-0.15, -0.1) is 0 Å². The SMILES string of the molecule is C[C@@H](C(=O)NCc1ccccc1CN1CCCC1)N(c1cccc(F)c1)S(C)(=O)=O. The highest BCUT2D eigenvalue weighted by atomic mass is 32.2. The van der Waals surface area contributed by atoms with E-state index in [1.807, 2.05) is 18.2 Å². The van der Waals surface area contributed by atoms with Crippen LogP contribution in [-0.4, -0.2) is 44.6 Å². The third-order valence-corrected chi connectivity index (χ3v) is 6.56. The Morgan fingerprint density at radius 2 is 1.80 bits per heavy atom. The van der Waals surface area contributed by atoms with Crippen molar-refractivity contribution in [3.05, 3.63) is 65.5 Å². The molecule has 3 rings (SSSR count). The lowest BCUT2D eigenvalue weighted by Crippen LogP contribution is -2.47. The second-order valence-corrected chi connectivity index (χ2v) is 9.54. The lowest BCUT2D eigenvalue weighted by Gasteiger charge is -2.28. The fourth-order valence-corrected chi connectivity index (χ4v) is 4.98. The molecule has 1 aliphatic rings. The van der Waals surface area contributed by atoms with Crippen molar-refractivity contribution in [1.29, 1.82) is 0 Å². The predicted molar refractivity (Wildman–Crippen MR) is 116 cm³/mol. The first kappa shape index (κ1) is 22.2. The summed E-state index contributed by atoms with van der Waals surface area (Å²) in [5, 5.41) is 2.84. The van der Waals surface area contributed by atoms with Crippen LogP contribution in [0.15, 0.2) is 48.5 Å². The molecule has 30 heavy (non-hydrogen) atoms. The van der Waals surface area contributed by atoms with Gasteiger partial charge in [-0.25, -0.2) is 12.8 Å². The Hall–Kier alpha value is -2.45. The molecule has 0 aromatic heterocycles. The van der Waals surface area contributed by atoms with Gasteiger partial charge in [0.1, 0.15) is 11.9 Å². The standard InChI is InChI=1S/C22H28FN3O3S/c1-17(26(30(2,28)29)21-11-7-10-20(23)14-21)22(27)24-15-18-8-3-4-9-19(18)16-25-12-5-6-13-25/h3-4,7-11,14,17H,5-6,12-13,15-16H2,1-2H3,(H,24,27)/t17-/m0/s1. The highest BCUT2D eigenvalue weighted by molar-refractivity contribution is 7.92. The van der Waals surface area contributed by atoms with Crippen LogP contribution in [0.25, 0.3) is 0 Å². The van der Waals surface area contributed by atoms with E-state index in [9.17, 15) is 17.6 Å². The van der Waals surface area contributed by atoms with Gasteiger partial charge in [-0.3, -0.25) is 14.0 Å². The monoisotopic (exact) mass is 433 g/mol. The van der Waals surface area contributed by atoms with Crippen LogP contribution in [0, 0.1) is 5.82 Å². The van der Waals surface area contributed by atoms with Crippen molar-refractivity contribution in [2.24, 2.45) is 0 Å². The Labute approximate surface area is 177 Å². The molecule has 162 valence electrons. The molecule has 0 radical (unpaired) electrons. The number of hydrogen-bond acceptors (Lipinski definition) is 4. The third kappa shape index (κ3) is 5.58. The summed E-state index contributed by atoms with van der Waals surface area (Å²) >= 11 is 0. The van der Waals surface area contributed by atoms with Gasteiger partial charge in [0.05, 0.1) is 11.9 Å². The molecule has 1 aliphatic heterocycles. The maximum Gasteiger partial charge on any atom is 0.243 e. The first-order valence-corrected chi connectivity index (χ1v) is 11.9. The van der Waals surface area contributed by atoms with Crippen LogP contribution in [0.4, 0.5) is 10.1 Å². The van der Waals surface area contributed by atoms with Crippen molar-refractivity contribution in [1.82, 2.24) is 10.2 Å². The van der Waals surface area contributed by atoms with Crippen molar-refractivity contribution in [3.63, 3.8) is 0 Å². The van der Waals surface area contributed by atoms with Crippen LogP contribution in [0.5, 0.6) is 0 Å². The number of carbonyl (C=O) groups is 1. The van der Waals surface area contributed by atoms with Crippen LogP contribution < -0.4 is 9.62 Å². The molecule has 0 unspecified atom stereocenters. The Kier molecular flexibility index (Phi) is 7.10. The van der Waals surface area contributed by atoms with Crippen molar-refractivity contribution < 1.29 is 17.6 Å². The van der Waals surface area contributed by atoms with Crippen LogP contribution in [0.3, 0.4) is 0 Å². The van der Waals surface area contributed by atoms with E-state index >= 15 is 0 Å². The average Bonchev–Trinajstić information content (AvgIpc) is 3.19.